The zero-order valence-electron chi connectivity index (χ0n) is 18.2. The summed E-state index contributed by atoms with van der Waals surface area (Å²) in [5.41, 5.74) is 1.15. The molecule has 2 aliphatic heterocycles. The Morgan fingerprint density at radius 1 is 1.19 bits per heavy atom. The molecule has 0 aromatic heterocycles. The van der Waals surface area contributed by atoms with Gasteiger partial charge in [0.05, 0.1) is 11.5 Å². The van der Waals surface area contributed by atoms with Crippen LogP contribution in [0.25, 0.3) is 0 Å². The van der Waals surface area contributed by atoms with Gasteiger partial charge >= 0.3 is 0 Å². The van der Waals surface area contributed by atoms with Crippen LogP contribution in [0, 0.1) is 23.2 Å². The molecule has 0 bridgehead atoms. The predicted molar refractivity (Wildman–Crippen MR) is 120 cm³/mol. The molecule has 2 aromatic rings. The second-order valence-corrected chi connectivity index (χ2v) is 8.93. The molecule has 0 saturated carbocycles. The van der Waals surface area contributed by atoms with E-state index in [9.17, 15) is 19.6 Å². The smallest absolute Gasteiger partial charge is 0.237 e. The minimum absolute atomic E-state index is 0.0835. The maximum Gasteiger partial charge on any atom is 0.237 e. The van der Waals surface area contributed by atoms with Gasteiger partial charge in [-0.25, -0.2) is 0 Å². The summed E-state index contributed by atoms with van der Waals surface area (Å²) in [5, 5.41) is 15.5. The highest BCUT2D eigenvalue weighted by molar-refractivity contribution is 6.09. The number of nitrogens with zero attached hydrogens (tertiary/aromatic N) is 2. The van der Waals surface area contributed by atoms with Crippen molar-refractivity contribution in [2.24, 2.45) is 11.8 Å². The number of rotatable bonds is 5. The Hall–Kier alpha value is -3.66. The largest absolute Gasteiger partial charge is 0.325 e. The van der Waals surface area contributed by atoms with E-state index in [0.717, 1.165) is 5.56 Å². The van der Waals surface area contributed by atoms with Crippen molar-refractivity contribution in [1.82, 2.24) is 4.90 Å². The summed E-state index contributed by atoms with van der Waals surface area (Å²) in [6.45, 7) is 3.98. The molecule has 32 heavy (non-hydrogen) atoms. The number of amides is 3. The Balaban J connectivity index is 1.63. The van der Waals surface area contributed by atoms with Gasteiger partial charge in [-0.05, 0) is 36.1 Å². The fourth-order valence-corrected chi connectivity index (χ4v) is 4.73. The molecule has 2 aromatic carbocycles. The van der Waals surface area contributed by atoms with Gasteiger partial charge in [0.25, 0.3) is 0 Å². The van der Waals surface area contributed by atoms with Gasteiger partial charge in [0.2, 0.25) is 17.7 Å². The molecule has 164 valence electrons. The van der Waals surface area contributed by atoms with Crippen molar-refractivity contribution in [2.45, 2.75) is 38.1 Å². The molecule has 7 heteroatoms. The second-order valence-electron chi connectivity index (χ2n) is 8.93. The number of hydrogen-bond donors (Lipinski definition) is 2. The number of carbonyl (C=O) groups is 3. The normalized spacial score (nSPS) is 22.4. The number of nitriles is 1. The van der Waals surface area contributed by atoms with E-state index in [0.29, 0.717) is 17.8 Å². The van der Waals surface area contributed by atoms with E-state index < -0.39 is 29.2 Å². The van der Waals surface area contributed by atoms with Crippen LogP contribution in [0.2, 0.25) is 0 Å². The van der Waals surface area contributed by atoms with Crippen LogP contribution in [0.15, 0.2) is 54.6 Å². The van der Waals surface area contributed by atoms with Gasteiger partial charge in [0, 0.05) is 24.3 Å². The van der Waals surface area contributed by atoms with Crippen molar-refractivity contribution in [1.29, 1.82) is 5.26 Å². The van der Waals surface area contributed by atoms with E-state index in [1.165, 1.54) is 4.90 Å². The molecule has 3 atom stereocenters. The third kappa shape index (κ3) is 3.73. The van der Waals surface area contributed by atoms with Gasteiger partial charge in [-0.15, -0.1) is 0 Å². The molecule has 7 nitrogen and oxygen atoms in total. The Bertz CT molecular complexity index is 1090. The average Bonchev–Trinajstić information content (AvgIpc) is 3.31. The molecule has 4 rings (SSSR count). The molecule has 2 aliphatic rings. The van der Waals surface area contributed by atoms with Crippen LogP contribution in [0.5, 0.6) is 0 Å². The summed E-state index contributed by atoms with van der Waals surface area (Å²) in [4.78, 5) is 41.1. The van der Waals surface area contributed by atoms with Gasteiger partial charge < -0.3 is 15.5 Å². The summed E-state index contributed by atoms with van der Waals surface area (Å²) in [7, 11) is 0. The lowest BCUT2D eigenvalue weighted by molar-refractivity contribution is -0.141. The Kier molecular flexibility index (Phi) is 5.70. The van der Waals surface area contributed by atoms with E-state index in [2.05, 4.69) is 16.7 Å². The molecule has 2 heterocycles. The highest BCUT2D eigenvalue weighted by Crippen LogP contribution is 2.46. The molecular formula is C25H26N4O3. The third-order valence-electron chi connectivity index (χ3n) is 6.28. The minimum atomic E-state index is -0.967. The standard InChI is InChI=1S/C25H26N4O3/c1-16(2)12-19(22(30)27-17-8-4-3-5-9-17)23(31)29-15-25(13-18(29)14-26)20-10-6-7-11-21(20)28-24(25)32/h3-11,16,18-19H,12-13,15H2,1-2H3,(H,27,30)(H,28,32)/t18-,19?,25-/m0/s1. The van der Waals surface area contributed by atoms with Crippen molar-refractivity contribution < 1.29 is 14.4 Å². The van der Waals surface area contributed by atoms with Crippen LogP contribution in [0.4, 0.5) is 11.4 Å². The van der Waals surface area contributed by atoms with Gasteiger partial charge in [-0.3, -0.25) is 14.4 Å². The average molecular weight is 431 g/mol. The van der Waals surface area contributed by atoms with Crippen molar-refractivity contribution in [2.75, 3.05) is 17.2 Å². The van der Waals surface area contributed by atoms with Crippen LogP contribution in [0.3, 0.4) is 0 Å². The number of anilines is 2. The number of carbonyl (C=O) groups excluding carboxylic acids is 3. The van der Waals surface area contributed by atoms with E-state index in [-0.39, 0.29) is 24.8 Å². The summed E-state index contributed by atoms with van der Waals surface area (Å²) in [5.74, 6) is -1.86. The van der Waals surface area contributed by atoms with Crippen LogP contribution in [0.1, 0.15) is 32.3 Å². The van der Waals surface area contributed by atoms with E-state index >= 15 is 0 Å². The second kappa shape index (κ2) is 8.46. The number of para-hydroxylation sites is 2. The Labute approximate surface area is 187 Å². The Morgan fingerprint density at radius 2 is 1.88 bits per heavy atom. The number of nitrogens with one attached hydrogen (secondary N) is 2. The summed E-state index contributed by atoms with van der Waals surface area (Å²) >= 11 is 0. The summed E-state index contributed by atoms with van der Waals surface area (Å²) in [6.07, 6.45) is 0.564. The molecule has 1 saturated heterocycles. The molecule has 0 radical (unpaired) electrons. The molecule has 3 amide bonds. The molecule has 1 fully saturated rings. The first-order valence-corrected chi connectivity index (χ1v) is 10.8. The van der Waals surface area contributed by atoms with Crippen molar-refractivity contribution in [3.63, 3.8) is 0 Å². The molecule has 1 unspecified atom stereocenters. The lowest BCUT2D eigenvalue weighted by Crippen LogP contribution is -2.45. The number of hydrogen-bond acceptors (Lipinski definition) is 4. The van der Waals surface area contributed by atoms with E-state index in [1.54, 1.807) is 24.3 Å². The number of benzene rings is 2. The maximum atomic E-state index is 13.6. The quantitative estimate of drug-likeness (QED) is 0.711. The van der Waals surface area contributed by atoms with Gasteiger partial charge in [0.15, 0.2) is 0 Å². The van der Waals surface area contributed by atoms with Gasteiger partial charge in [-0.1, -0.05) is 50.2 Å². The molecule has 2 N–H and O–H groups in total. The van der Waals surface area contributed by atoms with Crippen LogP contribution in [-0.2, 0) is 19.8 Å². The van der Waals surface area contributed by atoms with E-state index in [1.807, 2.05) is 44.2 Å². The van der Waals surface area contributed by atoms with E-state index in [4.69, 9.17) is 0 Å². The highest BCUT2D eigenvalue weighted by atomic mass is 16.2. The van der Waals surface area contributed by atoms with Gasteiger partial charge in [0.1, 0.15) is 12.0 Å². The van der Waals surface area contributed by atoms with Gasteiger partial charge in [-0.2, -0.15) is 5.26 Å². The topological polar surface area (TPSA) is 102 Å². The lowest BCUT2D eigenvalue weighted by atomic mass is 9.80. The first-order valence-electron chi connectivity index (χ1n) is 10.8. The van der Waals surface area contributed by atoms with Crippen molar-refractivity contribution >= 4 is 29.1 Å². The molecule has 0 aliphatic carbocycles. The van der Waals surface area contributed by atoms with Crippen molar-refractivity contribution in [3.05, 3.63) is 60.2 Å². The lowest BCUT2D eigenvalue weighted by Gasteiger charge is -2.27. The molecule has 1 spiro atoms. The zero-order valence-corrected chi connectivity index (χ0v) is 18.2. The fraction of sp³-hybridized carbons (Fsp3) is 0.360. The Morgan fingerprint density at radius 3 is 2.56 bits per heavy atom. The zero-order chi connectivity index (χ0) is 22.9. The highest BCUT2D eigenvalue weighted by Gasteiger charge is 2.56. The SMILES string of the molecule is CC(C)CC(C(=O)Nc1ccccc1)C(=O)N1C[C@]2(C[C@H]1C#N)C(=O)Nc1ccccc12. The predicted octanol–water partition coefficient (Wildman–Crippen LogP) is 3.30. The van der Waals surface area contributed by atoms with Crippen LogP contribution in [-0.4, -0.2) is 35.2 Å². The summed E-state index contributed by atoms with van der Waals surface area (Å²) < 4.78 is 0. The van der Waals surface area contributed by atoms with Crippen molar-refractivity contribution in [3.8, 4) is 6.07 Å². The number of fused-ring (bicyclic) bond motifs is 2. The third-order valence-corrected chi connectivity index (χ3v) is 6.28. The first kappa shape index (κ1) is 21.6. The first-order chi connectivity index (χ1) is 15.4. The monoisotopic (exact) mass is 430 g/mol. The summed E-state index contributed by atoms with van der Waals surface area (Å²) in [6, 6.07) is 17.8. The molecular weight excluding hydrogens is 404 g/mol. The van der Waals surface area contributed by atoms with Crippen LogP contribution < -0.4 is 10.6 Å². The van der Waals surface area contributed by atoms with Crippen LogP contribution >= 0.6 is 0 Å². The maximum absolute atomic E-state index is 13.6. The minimum Gasteiger partial charge on any atom is -0.325 e. The number of likely N-dealkylation sites (tertiary alicyclic amines) is 1. The fourth-order valence-electron chi connectivity index (χ4n) is 4.73.